The molecule has 176 valence electrons. The van der Waals surface area contributed by atoms with E-state index >= 15 is 0 Å². The molecule has 0 spiro atoms. The topological polar surface area (TPSA) is 89.4 Å². The number of aromatic nitrogens is 1. The lowest BCUT2D eigenvalue weighted by atomic mass is 10.1. The van der Waals surface area contributed by atoms with Gasteiger partial charge in [-0.1, -0.05) is 37.8 Å². The van der Waals surface area contributed by atoms with Gasteiger partial charge in [-0.05, 0) is 49.8 Å². The molecule has 2 aliphatic rings. The summed E-state index contributed by atoms with van der Waals surface area (Å²) in [5.41, 5.74) is 0.617. The zero-order valence-electron chi connectivity index (χ0n) is 19.3. The van der Waals surface area contributed by atoms with Gasteiger partial charge in [-0.2, -0.15) is 0 Å². The van der Waals surface area contributed by atoms with Crippen molar-refractivity contribution in [2.75, 3.05) is 13.7 Å². The van der Waals surface area contributed by atoms with Crippen LogP contribution in [0.2, 0.25) is 0 Å². The van der Waals surface area contributed by atoms with Gasteiger partial charge in [-0.3, -0.25) is 14.4 Å². The lowest BCUT2D eigenvalue weighted by molar-refractivity contribution is 0.0931. The van der Waals surface area contributed by atoms with Crippen molar-refractivity contribution >= 4 is 11.8 Å². The number of carbonyl (C=O) groups is 2. The Morgan fingerprint density at radius 3 is 2.36 bits per heavy atom. The molecular weight excluding hydrogens is 418 g/mol. The number of methoxy groups -OCH3 is 1. The standard InChI is InChI=1S/C26H33N3O4/c1-33-21-10-6-7-18(15-21)13-14-27-25(31)22-16-29(20-11-12-20)17-23(24(22)30)26(32)28-19-8-4-2-3-5-9-19/h6-7,10,15-17,19-20H,2-5,8-9,11-14H2,1H3,(H,27,31)(H,28,32). The molecule has 7 nitrogen and oxygen atoms in total. The van der Waals surface area contributed by atoms with Crippen molar-refractivity contribution in [3.8, 4) is 5.75 Å². The van der Waals surface area contributed by atoms with Crippen LogP contribution < -0.4 is 20.8 Å². The summed E-state index contributed by atoms with van der Waals surface area (Å²) >= 11 is 0. The van der Waals surface area contributed by atoms with Crippen LogP contribution in [0.25, 0.3) is 0 Å². The Morgan fingerprint density at radius 2 is 1.70 bits per heavy atom. The second-order valence-corrected chi connectivity index (χ2v) is 9.11. The van der Waals surface area contributed by atoms with E-state index in [-0.39, 0.29) is 29.1 Å². The van der Waals surface area contributed by atoms with E-state index in [0.29, 0.717) is 13.0 Å². The van der Waals surface area contributed by atoms with Gasteiger partial charge in [0.15, 0.2) is 0 Å². The quantitative estimate of drug-likeness (QED) is 0.600. The van der Waals surface area contributed by atoms with E-state index in [2.05, 4.69) is 10.6 Å². The summed E-state index contributed by atoms with van der Waals surface area (Å²) < 4.78 is 7.10. The highest BCUT2D eigenvalue weighted by molar-refractivity contribution is 5.99. The summed E-state index contributed by atoms with van der Waals surface area (Å²) in [4.78, 5) is 39.0. The van der Waals surface area contributed by atoms with E-state index in [9.17, 15) is 14.4 Å². The Kier molecular flexibility index (Phi) is 7.47. The van der Waals surface area contributed by atoms with Gasteiger partial charge in [-0.25, -0.2) is 0 Å². The Balaban J connectivity index is 1.47. The van der Waals surface area contributed by atoms with Crippen LogP contribution >= 0.6 is 0 Å². The highest BCUT2D eigenvalue weighted by atomic mass is 16.5. The maximum Gasteiger partial charge on any atom is 0.256 e. The van der Waals surface area contributed by atoms with Crippen LogP contribution in [0.1, 0.15) is 83.7 Å². The highest BCUT2D eigenvalue weighted by Crippen LogP contribution is 2.34. The van der Waals surface area contributed by atoms with Crippen LogP contribution in [-0.2, 0) is 6.42 Å². The maximum atomic E-state index is 13.1. The van der Waals surface area contributed by atoms with Gasteiger partial charge in [0.2, 0.25) is 5.43 Å². The van der Waals surface area contributed by atoms with Crippen LogP contribution in [0, 0.1) is 0 Å². The average Bonchev–Trinajstić information content (AvgIpc) is 3.67. The smallest absolute Gasteiger partial charge is 0.256 e. The molecule has 2 amide bonds. The fraction of sp³-hybridized carbons (Fsp3) is 0.500. The fourth-order valence-electron chi connectivity index (χ4n) is 4.44. The van der Waals surface area contributed by atoms with Gasteiger partial charge in [-0.15, -0.1) is 0 Å². The van der Waals surface area contributed by atoms with Crippen molar-refractivity contribution in [3.63, 3.8) is 0 Å². The summed E-state index contributed by atoms with van der Waals surface area (Å²) in [5, 5.41) is 5.89. The van der Waals surface area contributed by atoms with Crippen molar-refractivity contribution in [2.24, 2.45) is 0 Å². The molecule has 2 saturated carbocycles. The van der Waals surface area contributed by atoms with Crippen molar-refractivity contribution < 1.29 is 14.3 Å². The molecule has 0 unspecified atom stereocenters. The molecule has 4 rings (SSSR count). The number of carbonyl (C=O) groups excluding carboxylic acids is 2. The Bertz CT molecular complexity index is 1050. The zero-order chi connectivity index (χ0) is 23.2. The number of pyridine rings is 1. The van der Waals surface area contributed by atoms with E-state index in [0.717, 1.165) is 49.8 Å². The monoisotopic (exact) mass is 451 g/mol. The number of benzene rings is 1. The van der Waals surface area contributed by atoms with Gasteiger partial charge < -0.3 is 19.9 Å². The van der Waals surface area contributed by atoms with Gasteiger partial charge in [0.25, 0.3) is 11.8 Å². The number of amides is 2. The zero-order valence-corrected chi connectivity index (χ0v) is 19.3. The van der Waals surface area contributed by atoms with E-state index < -0.39 is 11.3 Å². The third-order valence-electron chi connectivity index (χ3n) is 6.53. The lowest BCUT2D eigenvalue weighted by Gasteiger charge is -2.17. The maximum absolute atomic E-state index is 13.1. The highest BCUT2D eigenvalue weighted by Gasteiger charge is 2.27. The number of hydrogen-bond acceptors (Lipinski definition) is 4. The van der Waals surface area contributed by atoms with Gasteiger partial charge in [0, 0.05) is 31.0 Å². The third-order valence-corrected chi connectivity index (χ3v) is 6.53. The molecule has 2 aromatic rings. The van der Waals surface area contributed by atoms with Gasteiger partial charge in [0.05, 0.1) is 7.11 Å². The normalized spacial score (nSPS) is 16.6. The number of nitrogens with one attached hydrogen (secondary N) is 2. The van der Waals surface area contributed by atoms with Crippen LogP contribution in [0.15, 0.2) is 41.5 Å². The molecule has 0 atom stereocenters. The minimum Gasteiger partial charge on any atom is -0.497 e. The third kappa shape index (κ3) is 6.03. The van der Waals surface area contributed by atoms with Crippen molar-refractivity contribution in [1.29, 1.82) is 0 Å². The molecule has 33 heavy (non-hydrogen) atoms. The Morgan fingerprint density at radius 1 is 1.00 bits per heavy atom. The van der Waals surface area contributed by atoms with Crippen LogP contribution in [0.3, 0.4) is 0 Å². The first-order chi connectivity index (χ1) is 16.0. The Hall–Kier alpha value is -3.09. The number of ether oxygens (including phenoxy) is 1. The molecule has 7 heteroatoms. The summed E-state index contributed by atoms with van der Waals surface area (Å²) in [6, 6.07) is 8.00. The first-order valence-corrected chi connectivity index (χ1v) is 12.0. The van der Waals surface area contributed by atoms with Crippen molar-refractivity contribution in [1.82, 2.24) is 15.2 Å². The molecule has 1 aromatic heterocycles. The largest absolute Gasteiger partial charge is 0.497 e. The minimum absolute atomic E-state index is 0.0288. The molecule has 0 radical (unpaired) electrons. The van der Waals surface area contributed by atoms with E-state index in [4.69, 9.17) is 4.74 Å². The molecule has 1 aromatic carbocycles. The predicted molar refractivity (Wildman–Crippen MR) is 127 cm³/mol. The Labute approximate surface area is 194 Å². The van der Waals surface area contributed by atoms with E-state index in [1.54, 1.807) is 19.5 Å². The van der Waals surface area contributed by atoms with Crippen molar-refractivity contribution in [2.45, 2.75) is 69.9 Å². The molecule has 0 aliphatic heterocycles. The second-order valence-electron chi connectivity index (χ2n) is 9.11. The molecule has 1 heterocycles. The molecular formula is C26H33N3O4. The molecule has 2 fully saturated rings. The summed E-state index contributed by atoms with van der Waals surface area (Å²) in [6.45, 7) is 0.382. The van der Waals surface area contributed by atoms with Crippen molar-refractivity contribution in [3.05, 3.63) is 63.6 Å². The summed E-state index contributed by atoms with van der Waals surface area (Å²) in [7, 11) is 1.62. The van der Waals surface area contributed by atoms with E-state index in [1.165, 1.54) is 12.8 Å². The van der Waals surface area contributed by atoms with Crippen LogP contribution in [0.5, 0.6) is 5.75 Å². The number of rotatable bonds is 8. The molecule has 0 bridgehead atoms. The average molecular weight is 452 g/mol. The first-order valence-electron chi connectivity index (χ1n) is 12.0. The predicted octanol–water partition coefficient (Wildman–Crippen LogP) is 3.62. The summed E-state index contributed by atoms with van der Waals surface area (Å²) in [6.07, 6.45) is 12.2. The first kappa shape index (κ1) is 23.1. The number of nitrogens with zero attached hydrogens (tertiary/aromatic N) is 1. The summed E-state index contributed by atoms with van der Waals surface area (Å²) in [5.74, 6) is -0.0488. The molecule has 2 aliphatic carbocycles. The number of hydrogen-bond donors (Lipinski definition) is 2. The molecule has 2 N–H and O–H groups in total. The molecule has 0 saturated heterocycles. The van der Waals surface area contributed by atoms with Gasteiger partial charge in [0.1, 0.15) is 16.9 Å². The minimum atomic E-state index is -0.503. The SMILES string of the molecule is COc1cccc(CCNC(=O)c2cn(C3CC3)cc(C(=O)NC3CCCCCC3)c2=O)c1. The van der Waals surface area contributed by atoms with E-state index in [1.807, 2.05) is 28.8 Å². The van der Waals surface area contributed by atoms with Crippen LogP contribution in [-0.4, -0.2) is 36.1 Å². The fourth-order valence-corrected chi connectivity index (χ4v) is 4.44. The van der Waals surface area contributed by atoms with Crippen LogP contribution in [0.4, 0.5) is 0 Å². The lowest BCUT2D eigenvalue weighted by Crippen LogP contribution is -2.39. The van der Waals surface area contributed by atoms with Gasteiger partial charge >= 0.3 is 0 Å². The second kappa shape index (κ2) is 10.7.